The van der Waals surface area contributed by atoms with Crippen LogP contribution in [0.4, 0.5) is 5.95 Å². The molecular weight excluding hydrogens is 252 g/mol. The summed E-state index contributed by atoms with van der Waals surface area (Å²) in [6.45, 7) is 0. The molecule has 3 N–H and O–H groups in total. The Morgan fingerprint density at radius 3 is 2.94 bits per heavy atom. The van der Waals surface area contributed by atoms with Crippen molar-refractivity contribution in [1.82, 2.24) is 19.5 Å². The van der Waals surface area contributed by atoms with Gasteiger partial charge in [-0.3, -0.25) is 9.99 Å². The van der Waals surface area contributed by atoms with E-state index in [0.717, 1.165) is 18.5 Å². The molecular formula is C11H13ClN6. The number of aromatic nitrogens is 4. The van der Waals surface area contributed by atoms with Crippen LogP contribution in [0.25, 0.3) is 5.82 Å². The van der Waals surface area contributed by atoms with Gasteiger partial charge in [-0.25, -0.2) is 15.8 Å². The van der Waals surface area contributed by atoms with Gasteiger partial charge in [0.15, 0.2) is 5.82 Å². The van der Waals surface area contributed by atoms with Gasteiger partial charge < -0.3 is 0 Å². The Morgan fingerprint density at radius 2 is 2.11 bits per heavy atom. The number of hydrogen-bond donors (Lipinski definition) is 2. The highest BCUT2D eigenvalue weighted by Gasteiger charge is 2.18. The Bertz CT molecular complexity index is 579. The molecule has 0 atom stereocenters. The number of rotatable bonds is 2. The number of nitrogens with two attached hydrogens (primary N) is 1. The van der Waals surface area contributed by atoms with Crippen molar-refractivity contribution in [3.05, 3.63) is 28.9 Å². The lowest BCUT2D eigenvalue weighted by molar-refractivity contribution is 0.654. The fraction of sp³-hybridized carbons (Fsp3) is 0.364. The van der Waals surface area contributed by atoms with Crippen molar-refractivity contribution in [3.63, 3.8) is 0 Å². The van der Waals surface area contributed by atoms with Crippen LogP contribution in [0.2, 0.25) is 5.02 Å². The van der Waals surface area contributed by atoms with Crippen LogP contribution < -0.4 is 11.3 Å². The highest BCUT2D eigenvalue weighted by Crippen LogP contribution is 2.25. The van der Waals surface area contributed by atoms with Gasteiger partial charge in [0.2, 0.25) is 5.95 Å². The van der Waals surface area contributed by atoms with Crippen molar-refractivity contribution < 1.29 is 0 Å². The third-order valence-corrected chi connectivity index (χ3v) is 3.38. The maximum atomic E-state index is 6.14. The number of fused-ring (bicyclic) bond motifs is 1. The average Bonchev–Trinajstić information content (AvgIpc) is 2.83. The van der Waals surface area contributed by atoms with E-state index in [4.69, 9.17) is 17.4 Å². The Morgan fingerprint density at radius 1 is 1.28 bits per heavy atom. The Labute approximate surface area is 109 Å². The zero-order chi connectivity index (χ0) is 12.5. The molecule has 6 nitrogen and oxygen atoms in total. The summed E-state index contributed by atoms with van der Waals surface area (Å²) in [5, 5.41) is 0.486. The number of nitrogens with zero attached hydrogens (tertiary/aromatic N) is 4. The van der Waals surface area contributed by atoms with Crippen LogP contribution >= 0.6 is 11.6 Å². The number of imidazole rings is 1. The fourth-order valence-corrected chi connectivity index (χ4v) is 2.43. The van der Waals surface area contributed by atoms with E-state index in [1.165, 1.54) is 24.7 Å². The number of halogens is 1. The molecule has 0 fully saturated rings. The summed E-state index contributed by atoms with van der Waals surface area (Å²) < 4.78 is 1.93. The number of nitrogens with one attached hydrogen (secondary N) is 1. The molecule has 0 unspecified atom stereocenters. The lowest BCUT2D eigenvalue weighted by Crippen LogP contribution is -2.13. The first kappa shape index (κ1) is 11.4. The Hall–Kier alpha value is -1.66. The molecule has 0 saturated carbocycles. The highest BCUT2D eigenvalue weighted by molar-refractivity contribution is 6.32. The van der Waals surface area contributed by atoms with Gasteiger partial charge in [-0.15, -0.1) is 0 Å². The molecule has 94 valence electrons. The number of hydrazine groups is 1. The number of hydrogen-bond acceptors (Lipinski definition) is 5. The predicted octanol–water partition coefficient (Wildman–Crippen LogP) is 1.48. The van der Waals surface area contributed by atoms with Gasteiger partial charge in [0.05, 0.1) is 11.9 Å². The largest absolute Gasteiger partial charge is 0.292 e. The topological polar surface area (TPSA) is 81.6 Å². The van der Waals surface area contributed by atoms with E-state index in [1.54, 1.807) is 6.33 Å². The minimum Gasteiger partial charge on any atom is -0.292 e. The monoisotopic (exact) mass is 264 g/mol. The van der Waals surface area contributed by atoms with Crippen LogP contribution in [0, 0.1) is 0 Å². The molecule has 0 aliphatic heterocycles. The molecule has 1 aliphatic rings. The first-order chi connectivity index (χ1) is 8.79. The van der Waals surface area contributed by atoms with Gasteiger partial charge in [0.1, 0.15) is 11.3 Å². The minimum atomic E-state index is 0.340. The maximum Gasteiger partial charge on any atom is 0.239 e. The summed E-state index contributed by atoms with van der Waals surface area (Å²) in [4.78, 5) is 12.7. The minimum absolute atomic E-state index is 0.340. The Kier molecular flexibility index (Phi) is 2.89. The van der Waals surface area contributed by atoms with Gasteiger partial charge in [0.25, 0.3) is 0 Å². The van der Waals surface area contributed by atoms with Gasteiger partial charge in [-0.05, 0) is 25.7 Å². The van der Waals surface area contributed by atoms with E-state index in [9.17, 15) is 0 Å². The summed E-state index contributed by atoms with van der Waals surface area (Å²) >= 11 is 6.14. The molecule has 1 aliphatic carbocycles. The molecule has 0 bridgehead atoms. The Balaban J connectivity index is 2.11. The van der Waals surface area contributed by atoms with Crippen molar-refractivity contribution in [2.75, 3.05) is 5.43 Å². The summed E-state index contributed by atoms with van der Waals surface area (Å²) in [5.41, 5.74) is 4.74. The zero-order valence-corrected chi connectivity index (χ0v) is 10.5. The van der Waals surface area contributed by atoms with Crippen LogP contribution in [-0.2, 0) is 12.8 Å². The second-order valence-electron chi connectivity index (χ2n) is 4.22. The summed E-state index contributed by atoms with van der Waals surface area (Å²) in [6, 6.07) is 0. The third-order valence-electron chi connectivity index (χ3n) is 3.11. The van der Waals surface area contributed by atoms with Crippen LogP contribution in [0.5, 0.6) is 0 Å². The van der Waals surface area contributed by atoms with Gasteiger partial charge in [-0.1, -0.05) is 11.6 Å². The smallest absolute Gasteiger partial charge is 0.239 e. The molecule has 3 rings (SSSR count). The van der Waals surface area contributed by atoms with Crippen LogP contribution in [0.1, 0.15) is 24.2 Å². The lowest BCUT2D eigenvalue weighted by atomic mass is 10.0. The molecule has 2 aromatic rings. The second-order valence-corrected chi connectivity index (χ2v) is 4.63. The normalized spacial score (nSPS) is 14.3. The zero-order valence-electron chi connectivity index (χ0n) is 9.73. The van der Waals surface area contributed by atoms with E-state index < -0.39 is 0 Å². The molecule has 7 heteroatoms. The highest BCUT2D eigenvalue weighted by atomic mass is 35.5. The molecule has 0 saturated heterocycles. The van der Waals surface area contributed by atoms with E-state index in [2.05, 4.69) is 20.4 Å². The van der Waals surface area contributed by atoms with Crippen molar-refractivity contribution >= 4 is 17.5 Å². The van der Waals surface area contributed by atoms with Gasteiger partial charge in [0, 0.05) is 5.69 Å². The average molecular weight is 265 g/mol. The van der Waals surface area contributed by atoms with E-state index in [1.807, 2.05) is 4.57 Å². The van der Waals surface area contributed by atoms with Crippen molar-refractivity contribution in [2.24, 2.45) is 5.84 Å². The van der Waals surface area contributed by atoms with E-state index in [-0.39, 0.29) is 0 Å². The quantitative estimate of drug-likeness (QED) is 0.634. The van der Waals surface area contributed by atoms with Gasteiger partial charge >= 0.3 is 0 Å². The molecule has 0 aromatic carbocycles. The van der Waals surface area contributed by atoms with E-state index >= 15 is 0 Å². The molecule has 18 heavy (non-hydrogen) atoms. The standard InChI is InChI=1S/C11H13ClN6/c12-7-5-14-11(17-13)16-10(7)18-6-15-8-3-1-2-4-9(8)18/h5-6H,1-4,13H2,(H,14,16,17). The second kappa shape index (κ2) is 4.55. The molecule has 0 spiro atoms. The van der Waals surface area contributed by atoms with E-state index in [0.29, 0.717) is 16.8 Å². The molecule has 2 aromatic heterocycles. The van der Waals surface area contributed by atoms with Crippen LogP contribution in [0.15, 0.2) is 12.5 Å². The summed E-state index contributed by atoms with van der Waals surface area (Å²) in [6.07, 6.45) is 7.69. The fourth-order valence-electron chi connectivity index (χ4n) is 2.25. The number of aryl methyl sites for hydroxylation is 1. The first-order valence-corrected chi connectivity index (χ1v) is 6.22. The molecule has 0 radical (unpaired) electrons. The third kappa shape index (κ3) is 1.83. The molecule has 0 amide bonds. The van der Waals surface area contributed by atoms with Crippen molar-refractivity contribution in [2.45, 2.75) is 25.7 Å². The number of anilines is 1. The van der Waals surface area contributed by atoms with Gasteiger partial charge in [-0.2, -0.15) is 4.98 Å². The first-order valence-electron chi connectivity index (χ1n) is 5.84. The molecule has 2 heterocycles. The van der Waals surface area contributed by atoms with Crippen molar-refractivity contribution in [1.29, 1.82) is 0 Å². The van der Waals surface area contributed by atoms with Crippen LogP contribution in [-0.4, -0.2) is 19.5 Å². The predicted molar refractivity (Wildman–Crippen MR) is 68.6 cm³/mol. The van der Waals surface area contributed by atoms with Crippen molar-refractivity contribution in [3.8, 4) is 5.82 Å². The van der Waals surface area contributed by atoms with Crippen LogP contribution in [0.3, 0.4) is 0 Å². The number of nitrogen functional groups attached to an aromatic ring is 1. The summed E-state index contributed by atoms with van der Waals surface area (Å²) in [7, 11) is 0. The SMILES string of the molecule is NNc1ncc(Cl)c(-n2cnc3c2CCCC3)n1. The summed E-state index contributed by atoms with van der Waals surface area (Å²) in [5.74, 6) is 6.28. The lowest BCUT2D eigenvalue weighted by Gasteiger charge is -2.14. The maximum absolute atomic E-state index is 6.14.